The molecule has 0 aliphatic carbocycles. The van der Waals surface area contributed by atoms with Gasteiger partial charge in [-0.15, -0.1) is 11.3 Å². The molecule has 1 saturated heterocycles. The van der Waals surface area contributed by atoms with E-state index < -0.39 is 0 Å². The number of aromatic nitrogens is 1. The molecule has 1 aliphatic rings. The van der Waals surface area contributed by atoms with Crippen LogP contribution in [0.5, 0.6) is 0 Å². The molecule has 1 aliphatic heterocycles. The van der Waals surface area contributed by atoms with Crippen LogP contribution in [0.3, 0.4) is 0 Å². The molecule has 2 N–H and O–H groups in total. The molecular formula is C17H29N5OS. The highest BCUT2D eigenvalue weighted by Gasteiger charge is 2.17. The van der Waals surface area contributed by atoms with E-state index in [1.807, 2.05) is 18.0 Å². The highest BCUT2D eigenvalue weighted by molar-refractivity contribution is 7.11. The van der Waals surface area contributed by atoms with Crippen molar-refractivity contribution >= 4 is 23.2 Å². The van der Waals surface area contributed by atoms with Crippen molar-refractivity contribution in [3.63, 3.8) is 0 Å². The largest absolute Gasteiger partial charge is 0.357 e. The van der Waals surface area contributed by atoms with Gasteiger partial charge in [-0.25, -0.2) is 4.98 Å². The first-order chi connectivity index (χ1) is 11.7. The first kappa shape index (κ1) is 18.7. The van der Waals surface area contributed by atoms with Crippen LogP contribution in [0.15, 0.2) is 11.2 Å². The van der Waals surface area contributed by atoms with Gasteiger partial charge in [0.2, 0.25) is 5.91 Å². The summed E-state index contributed by atoms with van der Waals surface area (Å²) in [5, 5.41) is 7.61. The Balaban J connectivity index is 1.72. The van der Waals surface area contributed by atoms with Crippen LogP contribution in [-0.2, 0) is 17.6 Å². The van der Waals surface area contributed by atoms with Crippen LogP contribution in [0.2, 0.25) is 0 Å². The van der Waals surface area contributed by atoms with Gasteiger partial charge in [0.25, 0.3) is 0 Å². The van der Waals surface area contributed by atoms with Crippen molar-refractivity contribution in [1.29, 1.82) is 0 Å². The fourth-order valence-electron chi connectivity index (χ4n) is 2.64. The van der Waals surface area contributed by atoms with Crippen LogP contribution in [-0.4, -0.2) is 54.5 Å². The Kier molecular flexibility index (Phi) is 8.01. The zero-order valence-corrected chi connectivity index (χ0v) is 15.6. The zero-order chi connectivity index (χ0) is 17.2. The van der Waals surface area contributed by atoms with Gasteiger partial charge in [0.15, 0.2) is 5.96 Å². The Morgan fingerprint density at radius 1 is 1.33 bits per heavy atom. The monoisotopic (exact) mass is 351 g/mol. The highest BCUT2D eigenvalue weighted by atomic mass is 32.1. The predicted molar refractivity (Wildman–Crippen MR) is 99.6 cm³/mol. The number of rotatable bonds is 8. The zero-order valence-electron chi connectivity index (χ0n) is 14.8. The minimum atomic E-state index is 0.241. The number of thiazole rings is 1. The van der Waals surface area contributed by atoms with Crippen molar-refractivity contribution in [3.8, 4) is 0 Å². The number of hydrogen-bond acceptors (Lipinski definition) is 4. The predicted octanol–water partition coefficient (Wildman–Crippen LogP) is 1.82. The van der Waals surface area contributed by atoms with Crippen LogP contribution < -0.4 is 10.6 Å². The van der Waals surface area contributed by atoms with Crippen LogP contribution in [0.1, 0.15) is 43.0 Å². The fourth-order valence-corrected chi connectivity index (χ4v) is 3.50. The number of nitrogens with one attached hydrogen (secondary N) is 2. The molecule has 24 heavy (non-hydrogen) atoms. The number of amides is 1. The Labute approximate surface area is 148 Å². The Morgan fingerprint density at radius 3 is 2.79 bits per heavy atom. The SMILES string of the molecule is CCNC(=NCCc1ncc(CC)s1)NCCC(=O)N1CCCC1. The maximum absolute atomic E-state index is 12.0. The lowest BCUT2D eigenvalue weighted by atomic mass is 10.3. The molecule has 134 valence electrons. The van der Waals surface area contributed by atoms with E-state index in [4.69, 9.17) is 0 Å². The number of carbonyl (C=O) groups is 1. The van der Waals surface area contributed by atoms with Gasteiger partial charge in [0.1, 0.15) is 0 Å². The summed E-state index contributed by atoms with van der Waals surface area (Å²) >= 11 is 1.76. The number of likely N-dealkylation sites (tertiary alicyclic amines) is 1. The molecule has 1 aromatic rings. The number of hydrogen-bond donors (Lipinski definition) is 2. The molecule has 0 saturated carbocycles. The summed E-state index contributed by atoms with van der Waals surface area (Å²) in [6.45, 7) is 8.15. The van der Waals surface area contributed by atoms with Crippen molar-refractivity contribution in [3.05, 3.63) is 16.1 Å². The van der Waals surface area contributed by atoms with Gasteiger partial charge >= 0.3 is 0 Å². The van der Waals surface area contributed by atoms with E-state index in [0.29, 0.717) is 19.5 Å². The lowest BCUT2D eigenvalue weighted by molar-refractivity contribution is -0.129. The van der Waals surface area contributed by atoms with E-state index in [2.05, 4.69) is 27.5 Å². The molecule has 1 amide bonds. The smallest absolute Gasteiger partial charge is 0.224 e. The minimum Gasteiger partial charge on any atom is -0.357 e. The maximum Gasteiger partial charge on any atom is 0.224 e. The summed E-state index contributed by atoms with van der Waals surface area (Å²) in [5.74, 6) is 1.02. The van der Waals surface area contributed by atoms with Gasteiger partial charge in [-0.2, -0.15) is 0 Å². The molecule has 0 radical (unpaired) electrons. The molecule has 0 atom stereocenters. The normalized spacial score (nSPS) is 14.9. The fraction of sp³-hybridized carbons (Fsp3) is 0.706. The standard InChI is InChI=1S/C17H29N5OS/c1-3-14-13-21-15(24-14)7-9-19-17(18-4-2)20-10-8-16(23)22-11-5-6-12-22/h13H,3-12H2,1-2H3,(H2,18,19,20). The molecule has 2 rings (SSSR count). The molecule has 1 aromatic heterocycles. The lowest BCUT2D eigenvalue weighted by Crippen LogP contribution is -2.39. The van der Waals surface area contributed by atoms with Gasteiger partial charge in [0.05, 0.1) is 5.01 Å². The summed E-state index contributed by atoms with van der Waals surface area (Å²) < 4.78 is 0. The number of aliphatic imine (C=N–C) groups is 1. The Morgan fingerprint density at radius 2 is 2.12 bits per heavy atom. The van der Waals surface area contributed by atoms with Crippen molar-refractivity contribution in [2.45, 2.75) is 46.0 Å². The summed E-state index contributed by atoms with van der Waals surface area (Å²) in [7, 11) is 0. The van der Waals surface area contributed by atoms with Crippen molar-refractivity contribution in [2.75, 3.05) is 32.7 Å². The first-order valence-corrected chi connectivity index (χ1v) is 9.78. The van der Waals surface area contributed by atoms with Crippen molar-refractivity contribution in [2.24, 2.45) is 4.99 Å². The van der Waals surface area contributed by atoms with E-state index in [0.717, 1.165) is 56.3 Å². The van der Waals surface area contributed by atoms with Crippen LogP contribution in [0, 0.1) is 0 Å². The number of guanidine groups is 1. The third-order valence-electron chi connectivity index (χ3n) is 3.98. The topological polar surface area (TPSA) is 69.6 Å². The third-order valence-corrected chi connectivity index (χ3v) is 5.18. The van der Waals surface area contributed by atoms with Gasteiger partial charge < -0.3 is 15.5 Å². The Hall–Kier alpha value is -1.63. The van der Waals surface area contributed by atoms with Gasteiger partial charge in [-0.05, 0) is 26.2 Å². The average molecular weight is 352 g/mol. The van der Waals surface area contributed by atoms with Gasteiger partial charge in [0, 0.05) is 56.6 Å². The molecule has 0 unspecified atom stereocenters. The second-order valence-electron chi connectivity index (χ2n) is 5.85. The van der Waals surface area contributed by atoms with Crippen LogP contribution in [0.4, 0.5) is 0 Å². The minimum absolute atomic E-state index is 0.241. The first-order valence-electron chi connectivity index (χ1n) is 8.96. The highest BCUT2D eigenvalue weighted by Crippen LogP contribution is 2.13. The molecule has 1 fully saturated rings. The molecule has 0 spiro atoms. The summed E-state index contributed by atoms with van der Waals surface area (Å²) in [6, 6.07) is 0. The molecule has 2 heterocycles. The molecule has 0 aromatic carbocycles. The number of carbonyl (C=O) groups excluding carboxylic acids is 1. The summed E-state index contributed by atoms with van der Waals surface area (Å²) in [4.78, 5) is 24.3. The average Bonchev–Trinajstić information content (AvgIpc) is 3.26. The van der Waals surface area contributed by atoms with E-state index in [9.17, 15) is 4.79 Å². The third kappa shape index (κ3) is 6.11. The molecule has 7 heteroatoms. The van der Waals surface area contributed by atoms with E-state index in [1.54, 1.807) is 11.3 Å². The van der Waals surface area contributed by atoms with Crippen molar-refractivity contribution < 1.29 is 4.79 Å². The van der Waals surface area contributed by atoms with Gasteiger partial charge in [-0.3, -0.25) is 9.79 Å². The van der Waals surface area contributed by atoms with Crippen LogP contribution >= 0.6 is 11.3 Å². The summed E-state index contributed by atoms with van der Waals surface area (Å²) in [6.07, 6.45) is 6.65. The molecule has 0 bridgehead atoms. The number of nitrogens with zero attached hydrogens (tertiary/aromatic N) is 3. The molecular weight excluding hydrogens is 322 g/mol. The maximum atomic E-state index is 12.0. The van der Waals surface area contributed by atoms with E-state index in [-0.39, 0.29) is 5.91 Å². The lowest BCUT2D eigenvalue weighted by Gasteiger charge is -2.16. The van der Waals surface area contributed by atoms with E-state index in [1.165, 1.54) is 4.88 Å². The molecule has 6 nitrogen and oxygen atoms in total. The quantitative estimate of drug-likeness (QED) is 0.554. The summed E-state index contributed by atoms with van der Waals surface area (Å²) in [5.41, 5.74) is 0. The van der Waals surface area contributed by atoms with Crippen LogP contribution in [0.25, 0.3) is 0 Å². The van der Waals surface area contributed by atoms with E-state index >= 15 is 0 Å². The second kappa shape index (κ2) is 10.3. The second-order valence-corrected chi connectivity index (χ2v) is 7.05. The Bertz CT molecular complexity index is 537. The van der Waals surface area contributed by atoms with Crippen molar-refractivity contribution in [1.82, 2.24) is 20.5 Å². The number of aryl methyl sites for hydroxylation is 1. The van der Waals surface area contributed by atoms with Gasteiger partial charge in [-0.1, -0.05) is 6.92 Å².